The molecule has 0 bridgehead atoms. The quantitative estimate of drug-likeness (QED) is 0.256. The maximum atomic E-state index is 13.9. The number of allylic oxidation sites excluding steroid dienone is 4. The average molecular weight is 381 g/mol. The molecule has 0 unspecified atom stereocenters. The van der Waals surface area contributed by atoms with E-state index in [2.05, 4.69) is 37.0 Å². The van der Waals surface area contributed by atoms with Crippen molar-refractivity contribution in [2.24, 2.45) is 23.7 Å². The maximum absolute atomic E-state index is 13.9. The van der Waals surface area contributed by atoms with Gasteiger partial charge in [0.05, 0.1) is 13.7 Å². The summed E-state index contributed by atoms with van der Waals surface area (Å²) in [5, 5.41) is 0. The summed E-state index contributed by atoms with van der Waals surface area (Å²) in [6, 6.07) is 0. The average Bonchev–Trinajstić information content (AvgIpc) is 2.71. The van der Waals surface area contributed by atoms with Crippen LogP contribution in [0.15, 0.2) is 48.5 Å². The molecular weight excluding hydrogens is 346 g/mol. The van der Waals surface area contributed by atoms with E-state index < -0.39 is 11.7 Å². The first-order valence-electron chi connectivity index (χ1n) is 10.2. The van der Waals surface area contributed by atoms with E-state index in [0.29, 0.717) is 12.5 Å². The van der Waals surface area contributed by atoms with Crippen molar-refractivity contribution in [3.05, 3.63) is 48.5 Å². The molecule has 2 nitrogen and oxygen atoms in total. The van der Waals surface area contributed by atoms with Crippen LogP contribution in [0.3, 0.4) is 0 Å². The first-order valence-corrected chi connectivity index (χ1v) is 10.2. The summed E-state index contributed by atoms with van der Waals surface area (Å²) in [6.07, 6.45) is 14.5. The molecule has 152 valence electrons. The minimum Gasteiger partial charge on any atom is -0.494 e. The van der Waals surface area contributed by atoms with Crippen molar-refractivity contribution in [2.45, 2.75) is 58.3 Å². The summed E-state index contributed by atoms with van der Waals surface area (Å²) in [5.41, 5.74) is 0. The zero-order chi connectivity index (χ0) is 19.8. The van der Waals surface area contributed by atoms with Crippen LogP contribution in [0, 0.1) is 23.7 Å². The molecule has 2 rings (SSSR count). The summed E-state index contributed by atoms with van der Waals surface area (Å²) in [5.74, 6) is -0.0865. The number of halogens is 2. The third-order valence-electron chi connectivity index (χ3n) is 6.26. The predicted molar refractivity (Wildman–Crippen MR) is 106 cm³/mol. The lowest BCUT2D eigenvalue weighted by atomic mass is 9.69. The van der Waals surface area contributed by atoms with Gasteiger partial charge in [-0.2, -0.15) is 8.78 Å². The van der Waals surface area contributed by atoms with E-state index in [1.165, 1.54) is 45.6 Å². The van der Waals surface area contributed by atoms with E-state index in [1.54, 1.807) is 0 Å². The molecule has 0 aromatic heterocycles. The Morgan fingerprint density at radius 2 is 1.41 bits per heavy atom. The van der Waals surface area contributed by atoms with Crippen LogP contribution in [0.25, 0.3) is 0 Å². The van der Waals surface area contributed by atoms with Crippen LogP contribution >= 0.6 is 0 Å². The summed E-state index contributed by atoms with van der Waals surface area (Å²) in [7, 11) is 1.24. The largest absolute Gasteiger partial charge is 0.494 e. The lowest BCUT2D eigenvalue weighted by molar-refractivity contribution is 0.101. The summed E-state index contributed by atoms with van der Waals surface area (Å²) in [4.78, 5) is 0. The molecule has 0 radical (unpaired) electrons. The monoisotopic (exact) mass is 380 g/mol. The predicted octanol–water partition coefficient (Wildman–Crippen LogP) is 7.02. The molecule has 0 aromatic rings. The Balaban J connectivity index is 1.72. The second-order valence-corrected chi connectivity index (χ2v) is 7.97. The van der Waals surface area contributed by atoms with Gasteiger partial charge in [0.2, 0.25) is 11.7 Å². The SMILES string of the molecule is C=C(OC)/C(F)=C(/F)C(=C)OCC1CCC(C2CCC(/C=C/C)CC2)CC1. The fourth-order valence-corrected chi connectivity index (χ4v) is 4.52. The van der Waals surface area contributed by atoms with Gasteiger partial charge in [-0.15, -0.1) is 0 Å². The lowest BCUT2D eigenvalue weighted by Crippen LogP contribution is -2.26. The molecule has 0 atom stereocenters. The highest BCUT2D eigenvalue weighted by molar-refractivity contribution is 5.29. The highest BCUT2D eigenvalue weighted by atomic mass is 19.2. The van der Waals surface area contributed by atoms with Crippen LogP contribution in [0.2, 0.25) is 0 Å². The van der Waals surface area contributed by atoms with Crippen molar-refractivity contribution < 1.29 is 18.3 Å². The lowest BCUT2D eigenvalue weighted by Gasteiger charge is -2.37. The second-order valence-electron chi connectivity index (χ2n) is 7.97. The smallest absolute Gasteiger partial charge is 0.203 e. The summed E-state index contributed by atoms with van der Waals surface area (Å²) >= 11 is 0. The molecule has 0 aromatic carbocycles. The fraction of sp³-hybridized carbons (Fsp3) is 0.652. The van der Waals surface area contributed by atoms with Crippen molar-refractivity contribution in [2.75, 3.05) is 13.7 Å². The molecule has 2 fully saturated rings. The van der Waals surface area contributed by atoms with Crippen LogP contribution < -0.4 is 0 Å². The van der Waals surface area contributed by atoms with Crippen molar-refractivity contribution in [3.8, 4) is 0 Å². The van der Waals surface area contributed by atoms with Gasteiger partial charge in [0.1, 0.15) is 0 Å². The van der Waals surface area contributed by atoms with E-state index in [-0.39, 0.29) is 11.5 Å². The number of hydrogen-bond acceptors (Lipinski definition) is 2. The van der Waals surface area contributed by atoms with E-state index in [4.69, 9.17) is 4.74 Å². The molecule has 2 aliphatic carbocycles. The molecular formula is C23H34F2O2. The normalized spacial score (nSPS) is 29.9. The van der Waals surface area contributed by atoms with E-state index in [1.807, 2.05) is 0 Å². The Kier molecular flexibility index (Phi) is 8.59. The zero-order valence-corrected chi connectivity index (χ0v) is 16.8. The summed E-state index contributed by atoms with van der Waals surface area (Å²) < 4.78 is 37.6. The van der Waals surface area contributed by atoms with E-state index >= 15 is 0 Å². The van der Waals surface area contributed by atoms with Crippen molar-refractivity contribution in [3.63, 3.8) is 0 Å². The van der Waals surface area contributed by atoms with E-state index in [9.17, 15) is 8.78 Å². The van der Waals surface area contributed by atoms with Gasteiger partial charge in [0.15, 0.2) is 11.5 Å². The molecule has 2 saturated carbocycles. The Morgan fingerprint density at radius 1 is 0.889 bits per heavy atom. The van der Waals surface area contributed by atoms with Gasteiger partial charge in [-0.25, -0.2) is 0 Å². The topological polar surface area (TPSA) is 18.5 Å². The molecule has 0 aliphatic heterocycles. The standard InChI is InChI=1S/C23H34F2O2/c1-5-6-18-7-11-20(12-8-18)21-13-9-19(10-14-21)15-27-17(3)23(25)22(24)16(2)26-4/h5-6,18-21H,2-3,7-15H2,1,4H3/b6-5+,23-22-. The first kappa shape index (κ1) is 21.7. The van der Waals surface area contributed by atoms with Crippen LogP contribution in [-0.4, -0.2) is 13.7 Å². The van der Waals surface area contributed by atoms with Crippen molar-refractivity contribution >= 4 is 0 Å². The number of hydrogen-bond donors (Lipinski definition) is 0. The van der Waals surface area contributed by atoms with Crippen molar-refractivity contribution in [1.29, 1.82) is 0 Å². The Hall–Kier alpha value is -1.58. The van der Waals surface area contributed by atoms with Gasteiger partial charge in [0.25, 0.3) is 0 Å². The minimum absolute atomic E-state index is 0.282. The van der Waals surface area contributed by atoms with Gasteiger partial charge in [-0.05, 0) is 82.0 Å². The zero-order valence-electron chi connectivity index (χ0n) is 16.8. The fourth-order valence-electron chi connectivity index (χ4n) is 4.52. The third kappa shape index (κ3) is 6.22. The van der Waals surface area contributed by atoms with Crippen LogP contribution in [0.4, 0.5) is 8.78 Å². The second kappa shape index (κ2) is 10.7. The number of rotatable bonds is 8. The van der Waals surface area contributed by atoms with Gasteiger partial charge >= 0.3 is 0 Å². The summed E-state index contributed by atoms with van der Waals surface area (Å²) in [6.45, 7) is 9.28. The van der Waals surface area contributed by atoms with E-state index in [0.717, 1.165) is 30.6 Å². The minimum atomic E-state index is -1.15. The molecule has 0 heterocycles. The Bertz CT molecular complexity index is 563. The number of ether oxygens (including phenoxy) is 2. The highest BCUT2D eigenvalue weighted by Gasteiger charge is 2.30. The number of methoxy groups -OCH3 is 1. The molecule has 0 saturated heterocycles. The Labute approximate surface area is 163 Å². The molecule has 0 amide bonds. The molecule has 0 N–H and O–H groups in total. The van der Waals surface area contributed by atoms with Gasteiger partial charge in [-0.3, -0.25) is 0 Å². The van der Waals surface area contributed by atoms with Crippen LogP contribution in [0.5, 0.6) is 0 Å². The molecule has 0 spiro atoms. The molecule has 27 heavy (non-hydrogen) atoms. The maximum Gasteiger partial charge on any atom is 0.203 e. The van der Waals surface area contributed by atoms with Gasteiger partial charge in [-0.1, -0.05) is 25.3 Å². The van der Waals surface area contributed by atoms with Crippen LogP contribution in [-0.2, 0) is 9.47 Å². The first-order chi connectivity index (χ1) is 13.0. The van der Waals surface area contributed by atoms with Crippen LogP contribution in [0.1, 0.15) is 58.3 Å². The van der Waals surface area contributed by atoms with Crippen molar-refractivity contribution in [1.82, 2.24) is 0 Å². The molecule has 2 aliphatic rings. The Morgan fingerprint density at radius 3 is 1.93 bits per heavy atom. The van der Waals surface area contributed by atoms with Gasteiger partial charge < -0.3 is 9.47 Å². The third-order valence-corrected chi connectivity index (χ3v) is 6.26. The van der Waals surface area contributed by atoms with Gasteiger partial charge in [0, 0.05) is 0 Å². The highest BCUT2D eigenvalue weighted by Crippen LogP contribution is 2.41. The molecule has 4 heteroatoms.